The van der Waals surface area contributed by atoms with E-state index in [-0.39, 0.29) is 10.7 Å². The highest BCUT2D eigenvalue weighted by atomic mass is 79.9. The van der Waals surface area contributed by atoms with Crippen LogP contribution in [0.5, 0.6) is 0 Å². The van der Waals surface area contributed by atoms with Gasteiger partial charge < -0.3 is 5.32 Å². The van der Waals surface area contributed by atoms with Crippen LogP contribution in [0.25, 0.3) is 0 Å². The number of aromatic nitrogens is 1. The largest absolute Gasteiger partial charge is 0.405 e. The summed E-state index contributed by atoms with van der Waals surface area (Å²) in [5.74, 6) is -0.920. The van der Waals surface area contributed by atoms with E-state index in [0.717, 1.165) is 0 Å². The van der Waals surface area contributed by atoms with Crippen LogP contribution in [0.4, 0.5) is 13.2 Å². The molecule has 1 rings (SSSR count). The third kappa shape index (κ3) is 3.97. The molecule has 16 heavy (non-hydrogen) atoms. The van der Waals surface area contributed by atoms with E-state index in [2.05, 4.69) is 20.9 Å². The third-order valence-electron chi connectivity index (χ3n) is 1.50. The minimum absolute atomic E-state index is 0.111. The number of carbonyl (C=O) groups is 1. The van der Waals surface area contributed by atoms with E-state index in [1.165, 1.54) is 12.3 Å². The molecule has 0 radical (unpaired) electrons. The lowest BCUT2D eigenvalue weighted by molar-refractivity contribution is -0.123. The molecular formula is C8H5BrClF3N2O. The van der Waals surface area contributed by atoms with Crippen LogP contribution in [0.15, 0.2) is 16.7 Å². The Morgan fingerprint density at radius 2 is 2.19 bits per heavy atom. The first-order chi connectivity index (χ1) is 7.29. The molecule has 0 aliphatic carbocycles. The zero-order chi connectivity index (χ0) is 12.3. The lowest BCUT2D eigenvalue weighted by atomic mass is 10.2. The minimum atomic E-state index is -4.46. The molecule has 0 bridgehead atoms. The molecule has 0 aromatic carbocycles. The van der Waals surface area contributed by atoms with Crippen LogP contribution in [0.1, 0.15) is 10.4 Å². The fourth-order valence-electron chi connectivity index (χ4n) is 0.858. The predicted octanol–water partition coefficient (Wildman–Crippen LogP) is 2.79. The number of carbonyl (C=O) groups excluding carboxylic acids is 1. The molecule has 88 valence electrons. The highest BCUT2D eigenvalue weighted by molar-refractivity contribution is 9.10. The van der Waals surface area contributed by atoms with E-state index in [4.69, 9.17) is 11.6 Å². The van der Waals surface area contributed by atoms with E-state index in [1.54, 1.807) is 5.32 Å². The summed E-state index contributed by atoms with van der Waals surface area (Å²) in [6, 6.07) is 1.29. The quantitative estimate of drug-likeness (QED) is 0.852. The fourth-order valence-corrected chi connectivity index (χ4v) is 1.38. The second-order valence-electron chi connectivity index (χ2n) is 2.79. The molecule has 0 unspecified atom stereocenters. The number of nitrogens with one attached hydrogen (secondary N) is 1. The third-order valence-corrected chi connectivity index (χ3v) is 2.23. The first kappa shape index (κ1) is 13.2. The van der Waals surface area contributed by atoms with Gasteiger partial charge in [-0.15, -0.1) is 0 Å². The average molecular weight is 317 g/mol. The number of halogens is 5. The smallest absolute Gasteiger partial charge is 0.343 e. The van der Waals surface area contributed by atoms with Crippen molar-refractivity contribution in [2.24, 2.45) is 0 Å². The Morgan fingerprint density at radius 3 is 2.75 bits per heavy atom. The SMILES string of the molecule is O=C(NCC(F)(F)F)c1cc(Br)cnc1Cl. The Bertz CT molecular complexity index is 411. The maximum Gasteiger partial charge on any atom is 0.405 e. The second kappa shape index (κ2) is 5.01. The zero-order valence-corrected chi connectivity index (χ0v) is 9.95. The molecule has 3 nitrogen and oxygen atoms in total. The predicted molar refractivity (Wildman–Crippen MR) is 55.3 cm³/mol. The Morgan fingerprint density at radius 1 is 1.56 bits per heavy atom. The van der Waals surface area contributed by atoms with Crippen LogP contribution in [0.3, 0.4) is 0 Å². The summed E-state index contributed by atoms with van der Waals surface area (Å²) in [5, 5.41) is 1.55. The van der Waals surface area contributed by atoms with E-state index in [9.17, 15) is 18.0 Å². The number of hydrogen-bond donors (Lipinski definition) is 1. The van der Waals surface area contributed by atoms with Gasteiger partial charge in [0, 0.05) is 10.7 Å². The van der Waals surface area contributed by atoms with Gasteiger partial charge in [0.2, 0.25) is 0 Å². The number of rotatable bonds is 2. The summed E-state index contributed by atoms with van der Waals surface area (Å²) < 4.78 is 36.0. The van der Waals surface area contributed by atoms with E-state index >= 15 is 0 Å². The molecule has 1 N–H and O–H groups in total. The average Bonchev–Trinajstić information content (AvgIpc) is 2.17. The van der Waals surface area contributed by atoms with Crippen LogP contribution in [-0.2, 0) is 0 Å². The molecule has 0 atom stereocenters. The van der Waals surface area contributed by atoms with Crippen molar-refractivity contribution in [3.8, 4) is 0 Å². The Kier molecular flexibility index (Phi) is 4.15. The van der Waals surface area contributed by atoms with Gasteiger partial charge in [-0.05, 0) is 22.0 Å². The lowest BCUT2D eigenvalue weighted by Crippen LogP contribution is -2.33. The maximum absolute atomic E-state index is 11.8. The summed E-state index contributed by atoms with van der Waals surface area (Å²) in [7, 11) is 0. The maximum atomic E-state index is 11.8. The summed E-state index contributed by atoms with van der Waals surface area (Å²) in [4.78, 5) is 14.9. The summed E-state index contributed by atoms with van der Waals surface area (Å²) >= 11 is 8.60. The zero-order valence-electron chi connectivity index (χ0n) is 7.61. The molecule has 1 aromatic rings. The Labute approximate surface area is 102 Å². The number of alkyl halides is 3. The number of nitrogens with zero attached hydrogens (tertiary/aromatic N) is 1. The van der Waals surface area contributed by atoms with Gasteiger partial charge in [0.1, 0.15) is 11.7 Å². The van der Waals surface area contributed by atoms with Gasteiger partial charge in [0.15, 0.2) is 0 Å². The van der Waals surface area contributed by atoms with E-state index < -0.39 is 18.6 Å². The highest BCUT2D eigenvalue weighted by Crippen LogP contribution is 2.18. The van der Waals surface area contributed by atoms with Gasteiger partial charge in [0.25, 0.3) is 5.91 Å². The van der Waals surface area contributed by atoms with Crippen molar-refractivity contribution in [3.05, 3.63) is 27.5 Å². The standard InChI is InChI=1S/C8H5BrClF3N2O/c9-4-1-5(6(10)14-2-4)7(16)15-3-8(11,12)13/h1-2H,3H2,(H,15,16). The minimum Gasteiger partial charge on any atom is -0.343 e. The van der Waals surface area contributed by atoms with Crippen LogP contribution in [-0.4, -0.2) is 23.6 Å². The summed E-state index contributed by atoms with van der Waals surface area (Å²) in [6.45, 7) is -1.41. The van der Waals surface area contributed by atoms with E-state index in [1.807, 2.05) is 0 Å². The normalized spacial score (nSPS) is 11.3. The van der Waals surface area contributed by atoms with Gasteiger partial charge in [0.05, 0.1) is 5.56 Å². The Balaban J connectivity index is 2.77. The topological polar surface area (TPSA) is 42.0 Å². The number of hydrogen-bond acceptors (Lipinski definition) is 2. The molecule has 8 heteroatoms. The molecule has 0 saturated heterocycles. The molecule has 0 spiro atoms. The molecule has 0 saturated carbocycles. The van der Waals surface area contributed by atoms with Gasteiger partial charge in [-0.3, -0.25) is 4.79 Å². The van der Waals surface area contributed by atoms with E-state index in [0.29, 0.717) is 4.47 Å². The fraction of sp³-hybridized carbons (Fsp3) is 0.250. The monoisotopic (exact) mass is 316 g/mol. The van der Waals surface area contributed by atoms with Gasteiger partial charge >= 0.3 is 6.18 Å². The Hall–Kier alpha value is -0.820. The molecule has 0 aliphatic heterocycles. The molecule has 1 amide bonds. The summed E-state index contributed by atoms with van der Waals surface area (Å²) in [5.41, 5.74) is -0.111. The highest BCUT2D eigenvalue weighted by Gasteiger charge is 2.28. The van der Waals surface area contributed by atoms with Gasteiger partial charge in [-0.25, -0.2) is 4.98 Å². The van der Waals surface area contributed by atoms with Crippen molar-refractivity contribution in [1.82, 2.24) is 10.3 Å². The van der Waals surface area contributed by atoms with Crippen LogP contribution < -0.4 is 5.32 Å². The van der Waals surface area contributed by atoms with Crippen LogP contribution in [0.2, 0.25) is 5.15 Å². The van der Waals surface area contributed by atoms with Crippen LogP contribution in [0, 0.1) is 0 Å². The first-order valence-corrected chi connectivity index (χ1v) is 5.12. The number of pyridine rings is 1. The number of amides is 1. The molecule has 1 aromatic heterocycles. The van der Waals surface area contributed by atoms with Crippen molar-refractivity contribution in [1.29, 1.82) is 0 Å². The van der Waals surface area contributed by atoms with Crippen molar-refractivity contribution in [2.45, 2.75) is 6.18 Å². The van der Waals surface area contributed by atoms with Gasteiger partial charge in [-0.2, -0.15) is 13.2 Å². The lowest BCUT2D eigenvalue weighted by Gasteiger charge is -2.08. The molecular weight excluding hydrogens is 312 g/mol. The van der Waals surface area contributed by atoms with Crippen molar-refractivity contribution >= 4 is 33.4 Å². The van der Waals surface area contributed by atoms with Gasteiger partial charge in [-0.1, -0.05) is 11.6 Å². The van der Waals surface area contributed by atoms with Crippen molar-refractivity contribution < 1.29 is 18.0 Å². The van der Waals surface area contributed by atoms with Crippen molar-refractivity contribution in [3.63, 3.8) is 0 Å². The molecule has 1 heterocycles. The summed E-state index contributed by atoms with van der Waals surface area (Å²) in [6.07, 6.45) is -3.12. The van der Waals surface area contributed by atoms with Crippen molar-refractivity contribution in [2.75, 3.05) is 6.54 Å². The van der Waals surface area contributed by atoms with Crippen LogP contribution >= 0.6 is 27.5 Å². The molecule has 0 aliphatic rings. The second-order valence-corrected chi connectivity index (χ2v) is 4.06. The molecule has 0 fully saturated rings. The first-order valence-electron chi connectivity index (χ1n) is 3.95.